The highest BCUT2D eigenvalue weighted by Crippen LogP contribution is 2.09. The average Bonchev–Trinajstić information content (AvgIpc) is 2.35. The van der Waals surface area contributed by atoms with Crippen LogP contribution in [0.3, 0.4) is 0 Å². The molecule has 0 aromatic heterocycles. The van der Waals surface area contributed by atoms with E-state index < -0.39 is 12.0 Å². The number of nitrogens with one attached hydrogen (secondary N) is 1. The molecule has 0 unspecified atom stereocenters. The van der Waals surface area contributed by atoms with Crippen LogP contribution in [-0.2, 0) is 4.79 Å². The quantitative estimate of drug-likeness (QED) is 0.392. The van der Waals surface area contributed by atoms with Gasteiger partial charge in [-0.1, -0.05) is 52.0 Å². The number of rotatable bonds is 13. The first-order valence-electron chi connectivity index (χ1n) is 7.66. The maximum atomic E-state index is 11.0. The zero-order valence-electron chi connectivity index (χ0n) is 12.7. The van der Waals surface area contributed by atoms with Gasteiger partial charge in [-0.15, -0.1) is 6.58 Å². The Kier molecular flexibility index (Phi) is 11.7. The highest BCUT2D eigenvalue weighted by Gasteiger charge is 2.19. The molecule has 3 heteroatoms. The molecule has 1 atom stereocenters. The lowest BCUT2D eigenvalue weighted by atomic mass is 10.0. The van der Waals surface area contributed by atoms with Crippen molar-refractivity contribution in [3.63, 3.8) is 0 Å². The average molecular weight is 269 g/mol. The number of unbranched alkanes of at least 4 members (excludes halogenated alkanes) is 7. The maximum absolute atomic E-state index is 11.0. The van der Waals surface area contributed by atoms with Gasteiger partial charge < -0.3 is 10.4 Å². The normalized spacial score (nSPS) is 12.6. The van der Waals surface area contributed by atoms with Crippen LogP contribution < -0.4 is 5.32 Å². The molecule has 19 heavy (non-hydrogen) atoms. The first-order valence-corrected chi connectivity index (χ1v) is 7.66. The highest BCUT2D eigenvalue weighted by molar-refractivity contribution is 5.73. The standard InChI is InChI=1S/C16H31NO2/c1-4-5-6-7-8-9-10-11-12-13-17-15(14(2)3)16(18)19/h4,14-15,17H,1,5-13H2,2-3H3,(H,18,19)/t15-/m0/s1. The van der Waals surface area contributed by atoms with Gasteiger partial charge in [0.05, 0.1) is 0 Å². The van der Waals surface area contributed by atoms with Crippen molar-refractivity contribution in [2.45, 2.75) is 71.3 Å². The van der Waals surface area contributed by atoms with Gasteiger partial charge in [0.25, 0.3) is 0 Å². The summed E-state index contributed by atoms with van der Waals surface area (Å²) >= 11 is 0. The molecule has 112 valence electrons. The molecule has 3 nitrogen and oxygen atoms in total. The van der Waals surface area contributed by atoms with E-state index in [2.05, 4.69) is 11.9 Å². The summed E-state index contributed by atoms with van der Waals surface area (Å²) in [4.78, 5) is 11.0. The lowest BCUT2D eigenvalue weighted by Gasteiger charge is -2.17. The predicted octanol–water partition coefficient (Wildman–Crippen LogP) is 3.99. The van der Waals surface area contributed by atoms with Crippen LogP contribution in [-0.4, -0.2) is 23.7 Å². The fourth-order valence-electron chi connectivity index (χ4n) is 2.16. The van der Waals surface area contributed by atoms with Crippen molar-refractivity contribution < 1.29 is 9.90 Å². The first-order chi connectivity index (χ1) is 9.09. The molecule has 0 aromatic rings. The third kappa shape index (κ3) is 10.8. The summed E-state index contributed by atoms with van der Waals surface area (Å²) in [7, 11) is 0. The number of carbonyl (C=O) groups is 1. The van der Waals surface area contributed by atoms with Gasteiger partial charge in [-0.05, 0) is 31.7 Å². The summed E-state index contributed by atoms with van der Waals surface area (Å²) in [5, 5.41) is 12.1. The van der Waals surface area contributed by atoms with Crippen LogP contribution in [0.1, 0.15) is 65.2 Å². The van der Waals surface area contributed by atoms with Crippen molar-refractivity contribution in [2.24, 2.45) is 5.92 Å². The molecule has 0 saturated heterocycles. The van der Waals surface area contributed by atoms with Crippen molar-refractivity contribution in [1.82, 2.24) is 5.32 Å². The van der Waals surface area contributed by atoms with E-state index in [1.165, 1.54) is 38.5 Å². The van der Waals surface area contributed by atoms with Crippen LogP contribution in [0.15, 0.2) is 12.7 Å². The van der Waals surface area contributed by atoms with Gasteiger partial charge in [-0.25, -0.2) is 0 Å². The van der Waals surface area contributed by atoms with Crippen molar-refractivity contribution in [3.05, 3.63) is 12.7 Å². The summed E-state index contributed by atoms with van der Waals surface area (Å²) in [6, 6.07) is -0.404. The second-order valence-corrected chi connectivity index (χ2v) is 5.57. The van der Waals surface area contributed by atoms with Crippen LogP contribution in [0.4, 0.5) is 0 Å². The Hall–Kier alpha value is -0.830. The van der Waals surface area contributed by atoms with Crippen LogP contribution in [0.5, 0.6) is 0 Å². The van der Waals surface area contributed by atoms with Gasteiger partial charge in [-0.3, -0.25) is 4.79 Å². The second kappa shape index (κ2) is 12.2. The number of hydrogen-bond acceptors (Lipinski definition) is 2. The summed E-state index contributed by atoms with van der Waals surface area (Å²) in [5.74, 6) is -0.598. The van der Waals surface area contributed by atoms with Gasteiger partial charge >= 0.3 is 5.97 Å². The molecule has 0 heterocycles. The number of hydrogen-bond donors (Lipinski definition) is 2. The van der Waals surface area contributed by atoms with E-state index in [4.69, 9.17) is 5.11 Å². The van der Waals surface area contributed by atoms with E-state index in [-0.39, 0.29) is 5.92 Å². The first kappa shape index (κ1) is 18.2. The highest BCUT2D eigenvalue weighted by atomic mass is 16.4. The minimum atomic E-state index is -0.739. The Morgan fingerprint density at radius 1 is 1.11 bits per heavy atom. The smallest absolute Gasteiger partial charge is 0.320 e. The van der Waals surface area contributed by atoms with E-state index in [9.17, 15) is 4.79 Å². The lowest BCUT2D eigenvalue weighted by molar-refractivity contribution is -0.140. The van der Waals surface area contributed by atoms with Crippen LogP contribution in [0, 0.1) is 5.92 Å². The Morgan fingerprint density at radius 3 is 2.11 bits per heavy atom. The molecule has 2 N–H and O–H groups in total. The molecule has 0 aliphatic heterocycles. The monoisotopic (exact) mass is 269 g/mol. The molecule has 0 radical (unpaired) electrons. The Balaban J connectivity index is 3.34. The molecule has 0 saturated carbocycles. The maximum Gasteiger partial charge on any atom is 0.320 e. The Bertz CT molecular complexity index is 239. The van der Waals surface area contributed by atoms with Crippen LogP contribution in [0.2, 0.25) is 0 Å². The second-order valence-electron chi connectivity index (χ2n) is 5.57. The fourth-order valence-corrected chi connectivity index (χ4v) is 2.16. The van der Waals surface area contributed by atoms with E-state index in [1.807, 2.05) is 19.9 Å². The molecule has 0 amide bonds. The Morgan fingerprint density at radius 2 is 1.63 bits per heavy atom. The van der Waals surface area contributed by atoms with Crippen LogP contribution >= 0.6 is 0 Å². The molecule has 0 fully saturated rings. The zero-order chi connectivity index (χ0) is 14.5. The minimum Gasteiger partial charge on any atom is -0.480 e. The number of carboxylic acids is 1. The Labute approximate surface area is 118 Å². The van der Waals surface area contributed by atoms with Gasteiger partial charge in [0.1, 0.15) is 6.04 Å². The van der Waals surface area contributed by atoms with Gasteiger partial charge in [0, 0.05) is 0 Å². The minimum absolute atomic E-state index is 0.141. The SMILES string of the molecule is C=CCCCCCCCCCN[C@H](C(=O)O)C(C)C. The van der Waals surface area contributed by atoms with Crippen molar-refractivity contribution in [2.75, 3.05) is 6.54 Å². The molecule has 0 rings (SSSR count). The van der Waals surface area contributed by atoms with E-state index in [1.54, 1.807) is 0 Å². The predicted molar refractivity (Wildman–Crippen MR) is 81.4 cm³/mol. The summed E-state index contributed by atoms with van der Waals surface area (Å²) in [6.07, 6.45) is 11.8. The lowest BCUT2D eigenvalue weighted by Crippen LogP contribution is -2.41. The third-order valence-corrected chi connectivity index (χ3v) is 3.38. The molecular weight excluding hydrogens is 238 g/mol. The third-order valence-electron chi connectivity index (χ3n) is 3.38. The number of aliphatic carboxylic acids is 1. The van der Waals surface area contributed by atoms with Gasteiger partial charge in [0.2, 0.25) is 0 Å². The largest absolute Gasteiger partial charge is 0.480 e. The number of carboxylic acid groups (broad SMARTS) is 1. The zero-order valence-corrected chi connectivity index (χ0v) is 12.7. The van der Waals surface area contributed by atoms with Crippen molar-refractivity contribution in [1.29, 1.82) is 0 Å². The molecule has 0 aromatic carbocycles. The molecule has 0 bridgehead atoms. The van der Waals surface area contributed by atoms with Gasteiger partial charge in [0.15, 0.2) is 0 Å². The molecule has 0 spiro atoms. The van der Waals surface area contributed by atoms with Crippen molar-refractivity contribution in [3.8, 4) is 0 Å². The summed E-state index contributed by atoms with van der Waals surface area (Å²) in [6.45, 7) is 8.41. The summed E-state index contributed by atoms with van der Waals surface area (Å²) in [5.41, 5.74) is 0. The van der Waals surface area contributed by atoms with E-state index >= 15 is 0 Å². The van der Waals surface area contributed by atoms with Crippen LogP contribution in [0.25, 0.3) is 0 Å². The van der Waals surface area contributed by atoms with E-state index in [0.29, 0.717) is 0 Å². The number of allylic oxidation sites excluding steroid dienone is 1. The molecular formula is C16H31NO2. The fraction of sp³-hybridized carbons (Fsp3) is 0.812. The molecule has 0 aliphatic carbocycles. The molecule has 0 aliphatic rings. The van der Waals surface area contributed by atoms with Gasteiger partial charge in [-0.2, -0.15) is 0 Å². The van der Waals surface area contributed by atoms with Crippen molar-refractivity contribution >= 4 is 5.97 Å². The topological polar surface area (TPSA) is 49.3 Å². The van der Waals surface area contributed by atoms with E-state index in [0.717, 1.165) is 19.4 Å². The summed E-state index contributed by atoms with van der Waals surface area (Å²) < 4.78 is 0.